The molecule has 0 radical (unpaired) electrons. The van der Waals surface area contributed by atoms with E-state index < -0.39 is 6.04 Å². The first-order valence-electron chi connectivity index (χ1n) is 10.6. The number of rotatable bonds is 7. The van der Waals surface area contributed by atoms with E-state index in [1.165, 1.54) is 17.5 Å². The zero-order valence-electron chi connectivity index (χ0n) is 17.8. The van der Waals surface area contributed by atoms with E-state index in [4.69, 9.17) is 4.42 Å². The summed E-state index contributed by atoms with van der Waals surface area (Å²) in [6.45, 7) is 4.77. The van der Waals surface area contributed by atoms with Crippen LogP contribution < -0.4 is 15.5 Å². The highest BCUT2D eigenvalue weighted by Gasteiger charge is 2.28. The van der Waals surface area contributed by atoms with Crippen molar-refractivity contribution in [1.82, 2.24) is 10.6 Å². The Labute approximate surface area is 182 Å². The summed E-state index contributed by atoms with van der Waals surface area (Å²) < 4.78 is 5.66. The van der Waals surface area contributed by atoms with E-state index in [0.717, 1.165) is 12.0 Å². The molecule has 2 N–H and O–H groups in total. The molecule has 2 atom stereocenters. The van der Waals surface area contributed by atoms with Gasteiger partial charge in [-0.3, -0.25) is 9.59 Å². The molecule has 2 amide bonds. The minimum absolute atomic E-state index is 0.232. The number of fused-ring (bicyclic) bond motifs is 1. The number of carbonyl (C=O) groups is 2. The van der Waals surface area contributed by atoms with E-state index in [2.05, 4.69) is 34.6 Å². The fourth-order valence-electron chi connectivity index (χ4n) is 3.97. The molecule has 0 aliphatic carbocycles. The number of carbonyl (C=O) groups excluding carboxylic acids is 2. The summed E-state index contributed by atoms with van der Waals surface area (Å²) >= 11 is 0. The Bertz CT molecular complexity index is 1060. The number of furan rings is 1. The fraction of sp³-hybridized carbons (Fsp3) is 0.280. The molecule has 2 heterocycles. The summed E-state index contributed by atoms with van der Waals surface area (Å²) in [5.74, 6) is 0.0496. The van der Waals surface area contributed by atoms with Crippen LogP contribution >= 0.6 is 0 Å². The molecule has 31 heavy (non-hydrogen) atoms. The van der Waals surface area contributed by atoms with Crippen molar-refractivity contribution < 1.29 is 14.0 Å². The van der Waals surface area contributed by atoms with Crippen LogP contribution in [0.2, 0.25) is 0 Å². The lowest BCUT2D eigenvalue weighted by Crippen LogP contribution is -2.44. The molecule has 1 aliphatic heterocycles. The second kappa shape index (κ2) is 9.08. The Morgan fingerprint density at radius 1 is 1.10 bits per heavy atom. The molecule has 1 aromatic heterocycles. The standard InChI is InChI=1S/C25H27N3O3/c1-17-14-20-10-6-7-11-22(20)28(17)16-23-21(12-13-31-23)25(30)27-18(2)24(29)26-15-19-8-4-3-5-9-19/h3-13,17-18H,14-16H2,1-2H3,(H,26,29)(H,27,30). The number of anilines is 1. The topological polar surface area (TPSA) is 74.6 Å². The van der Waals surface area contributed by atoms with Crippen LogP contribution in [-0.4, -0.2) is 23.9 Å². The highest BCUT2D eigenvalue weighted by Crippen LogP contribution is 2.33. The first kappa shape index (κ1) is 20.7. The number of para-hydroxylation sites is 1. The van der Waals surface area contributed by atoms with E-state index in [-0.39, 0.29) is 11.8 Å². The van der Waals surface area contributed by atoms with Gasteiger partial charge in [-0.2, -0.15) is 0 Å². The molecule has 6 nitrogen and oxygen atoms in total. The lowest BCUT2D eigenvalue weighted by Gasteiger charge is -2.24. The molecule has 0 spiro atoms. The fourth-order valence-corrected chi connectivity index (χ4v) is 3.97. The van der Waals surface area contributed by atoms with Crippen molar-refractivity contribution in [2.45, 2.75) is 45.4 Å². The third kappa shape index (κ3) is 4.63. The van der Waals surface area contributed by atoms with Gasteiger partial charge in [0.15, 0.2) is 0 Å². The smallest absolute Gasteiger partial charge is 0.255 e. The third-order valence-corrected chi connectivity index (χ3v) is 5.70. The van der Waals surface area contributed by atoms with Crippen LogP contribution in [-0.2, 0) is 24.3 Å². The van der Waals surface area contributed by atoms with E-state index in [9.17, 15) is 9.59 Å². The minimum atomic E-state index is -0.662. The molecule has 0 bridgehead atoms. The van der Waals surface area contributed by atoms with Gasteiger partial charge in [0.25, 0.3) is 5.91 Å². The third-order valence-electron chi connectivity index (χ3n) is 5.70. The van der Waals surface area contributed by atoms with Crippen molar-refractivity contribution in [2.24, 2.45) is 0 Å². The highest BCUT2D eigenvalue weighted by atomic mass is 16.3. The highest BCUT2D eigenvalue weighted by molar-refractivity contribution is 5.98. The minimum Gasteiger partial charge on any atom is -0.467 e. The van der Waals surface area contributed by atoms with Gasteiger partial charge in [0.2, 0.25) is 5.91 Å². The summed E-state index contributed by atoms with van der Waals surface area (Å²) in [6, 6.07) is 19.3. The predicted molar refractivity (Wildman–Crippen MR) is 120 cm³/mol. The molecule has 2 unspecified atom stereocenters. The van der Waals surface area contributed by atoms with E-state index in [0.29, 0.717) is 30.5 Å². The van der Waals surface area contributed by atoms with Crippen molar-refractivity contribution in [2.75, 3.05) is 4.90 Å². The molecule has 0 fully saturated rings. The van der Waals surface area contributed by atoms with Crippen LogP contribution in [0.4, 0.5) is 5.69 Å². The first-order chi connectivity index (χ1) is 15.0. The average molecular weight is 418 g/mol. The van der Waals surface area contributed by atoms with Gasteiger partial charge in [0.05, 0.1) is 18.4 Å². The van der Waals surface area contributed by atoms with Gasteiger partial charge in [-0.05, 0) is 43.5 Å². The largest absolute Gasteiger partial charge is 0.467 e. The predicted octanol–water partition coefficient (Wildman–Crippen LogP) is 3.67. The van der Waals surface area contributed by atoms with Crippen molar-refractivity contribution >= 4 is 17.5 Å². The maximum atomic E-state index is 12.8. The van der Waals surface area contributed by atoms with Crippen LogP contribution in [0.15, 0.2) is 71.3 Å². The Kier molecular flexibility index (Phi) is 6.07. The van der Waals surface area contributed by atoms with Gasteiger partial charge in [0.1, 0.15) is 11.8 Å². The van der Waals surface area contributed by atoms with Gasteiger partial charge in [-0.1, -0.05) is 48.5 Å². The first-order valence-corrected chi connectivity index (χ1v) is 10.6. The van der Waals surface area contributed by atoms with Crippen molar-refractivity contribution in [3.8, 4) is 0 Å². The number of hydrogen-bond acceptors (Lipinski definition) is 4. The maximum Gasteiger partial charge on any atom is 0.255 e. The number of benzene rings is 2. The molecule has 0 saturated heterocycles. The lowest BCUT2D eigenvalue weighted by molar-refractivity contribution is -0.122. The second-order valence-corrected chi connectivity index (χ2v) is 7.97. The van der Waals surface area contributed by atoms with Crippen LogP contribution in [0.1, 0.15) is 41.1 Å². The zero-order valence-corrected chi connectivity index (χ0v) is 17.8. The molecule has 1 aliphatic rings. The summed E-state index contributed by atoms with van der Waals surface area (Å²) in [7, 11) is 0. The molecule has 3 aromatic rings. The monoisotopic (exact) mass is 417 g/mol. The van der Waals surface area contributed by atoms with Crippen LogP contribution in [0.3, 0.4) is 0 Å². The van der Waals surface area contributed by atoms with Crippen molar-refractivity contribution in [3.05, 3.63) is 89.4 Å². The Morgan fingerprint density at radius 3 is 2.65 bits per heavy atom. The van der Waals surface area contributed by atoms with Gasteiger partial charge < -0.3 is 20.0 Å². The summed E-state index contributed by atoms with van der Waals surface area (Å²) in [6.07, 6.45) is 2.49. The quantitative estimate of drug-likeness (QED) is 0.615. The summed E-state index contributed by atoms with van der Waals surface area (Å²) in [5.41, 5.74) is 3.94. The Hall–Kier alpha value is -3.54. The normalized spacial score (nSPS) is 15.9. The second-order valence-electron chi connectivity index (χ2n) is 7.97. The molecule has 2 aromatic carbocycles. The van der Waals surface area contributed by atoms with Crippen molar-refractivity contribution in [1.29, 1.82) is 0 Å². The van der Waals surface area contributed by atoms with Crippen molar-refractivity contribution in [3.63, 3.8) is 0 Å². The molecular formula is C25H27N3O3. The van der Waals surface area contributed by atoms with E-state index in [1.54, 1.807) is 13.0 Å². The number of nitrogens with one attached hydrogen (secondary N) is 2. The molecular weight excluding hydrogens is 390 g/mol. The average Bonchev–Trinajstić information content (AvgIpc) is 3.37. The van der Waals surface area contributed by atoms with Gasteiger partial charge >= 0.3 is 0 Å². The van der Waals surface area contributed by atoms with Crippen LogP contribution in [0, 0.1) is 0 Å². The summed E-state index contributed by atoms with van der Waals surface area (Å²) in [4.78, 5) is 27.5. The Morgan fingerprint density at radius 2 is 1.84 bits per heavy atom. The molecule has 6 heteroatoms. The number of nitrogens with zero attached hydrogens (tertiary/aromatic N) is 1. The van der Waals surface area contributed by atoms with E-state index >= 15 is 0 Å². The summed E-state index contributed by atoms with van der Waals surface area (Å²) in [5, 5.41) is 5.64. The zero-order chi connectivity index (χ0) is 21.8. The molecule has 160 valence electrons. The number of hydrogen-bond donors (Lipinski definition) is 2. The van der Waals surface area contributed by atoms with Gasteiger partial charge in [0, 0.05) is 18.3 Å². The van der Waals surface area contributed by atoms with Crippen LogP contribution in [0.25, 0.3) is 0 Å². The van der Waals surface area contributed by atoms with Crippen LogP contribution in [0.5, 0.6) is 0 Å². The number of amides is 2. The molecule has 4 rings (SSSR count). The Balaban J connectivity index is 1.38. The maximum absolute atomic E-state index is 12.8. The molecule has 0 saturated carbocycles. The van der Waals surface area contributed by atoms with Gasteiger partial charge in [-0.15, -0.1) is 0 Å². The lowest BCUT2D eigenvalue weighted by atomic mass is 10.1. The van der Waals surface area contributed by atoms with E-state index in [1.807, 2.05) is 42.5 Å². The van der Waals surface area contributed by atoms with Gasteiger partial charge in [-0.25, -0.2) is 0 Å². The SMILES string of the molecule is CC(NC(=O)c1ccoc1CN1c2ccccc2CC1C)C(=O)NCc1ccccc1.